The Balaban J connectivity index is 1.32. The number of oxime groups is 1. The molecule has 0 aromatic carbocycles. The predicted molar refractivity (Wildman–Crippen MR) is 134 cm³/mol. The highest BCUT2D eigenvalue weighted by Gasteiger charge is 2.53. The van der Waals surface area contributed by atoms with Gasteiger partial charge in [-0.3, -0.25) is 19.6 Å². The number of carbonyl (C=O) groups is 3. The molecular weight excluding hydrogens is 534 g/mol. The Morgan fingerprint density at radius 1 is 1.37 bits per heavy atom. The molecule has 2 atom stereocenters. The third kappa shape index (κ3) is 4.82. The van der Waals surface area contributed by atoms with E-state index in [9.17, 15) is 19.5 Å². The monoisotopic (exact) mass is 555 g/mol. The van der Waals surface area contributed by atoms with Gasteiger partial charge >= 0.3 is 0 Å². The van der Waals surface area contributed by atoms with E-state index in [0.29, 0.717) is 11.3 Å². The number of hydrogen-bond donors (Lipinski definition) is 3. The maximum atomic E-state index is 13.0. The Hall–Kier alpha value is -4.31. The third-order valence-corrected chi connectivity index (χ3v) is 7.62. The van der Waals surface area contributed by atoms with Crippen molar-refractivity contribution in [2.24, 2.45) is 5.16 Å². The van der Waals surface area contributed by atoms with E-state index in [0.717, 1.165) is 27.7 Å². The predicted octanol–water partition coefficient (Wildman–Crippen LogP) is -1.36. The number of nitrogens with one attached hydrogen (secondary N) is 2. The van der Waals surface area contributed by atoms with Crippen LogP contribution in [-0.2, 0) is 25.8 Å². The lowest BCUT2D eigenvalue weighted by molar-refractivity contribution is -0.689. The van der Waals surface area contributed by atoms with E-state index in [1.165, 1.54) is 11.8 Å². The van der Waals surface area contributed by atoms with Crippen molar-refractivity contribution >= 4 is 51.9 Å². The number of aromatic amines is 1. The number of rotatable bonds is 9. The summed E-state index contributed by atoms with van der Waals surface area (Å²) in [6.45, 7) is 2.12. The molecule has 0 radical (unpaired) electrons. The summed E-state index contributed by atoms with van der Waals surface area (Å²) in [5, 5.41) is 24.9. The van der Waals surface area contributed by atoms with Gasteiger partial charge < -0.3 is 25.8 Å². The molecule has 0 bridgehead atoms. The fourth-order valence-electron chi connectivity index (χ4n) is 4.02. The van der Waals surface area contributed by atoms with E-state index in [1.807, 2.05) is 22.8 Å². The van der Waals surface area contributed by atoms with Gasteiger partial charge in [-0.05, 0) is 13.0 Å². The first-order chi connectivity index (χ1) is 18.4. The number of hydrogen-bond acceptors (Lipinski definition) is 12. The zero-order valence-electron chi connectivity index (χ0n) is 19.9. The van der Waals surface area contributed by atoms with Gasteiger partial charge in [0.25, 0.3) is 11.8 Å². The van der Waals surface area contributed by atoms with Crippen LogP contribution in [0, 0.1) is 0 Å². The fourth-order valence-corrected chi connectivity index (χ4v) is 5.79. The van der Waals surface area contributed by atoms with Crippen LogP contribution in [0.4, 0.5) is 5.13 Å². The van der Waals surface area contributed by atoms with Crippen molar-refractivity contribution in [3.05, 3.63) is 53.9 Å². The Bertz CT molecular complexity index is 1440. The molecule has 3 aromatic heterocycles. The van der Waals surface area contributed by atoms with E-state index in [1.54, 1.807) is 25.5 Å². The molecule has 38 heavy (non-hydrogen) atoms. The maximum Gasteiger partial charge on any atom is 0.278 e. The van der Waals surface area contributed by atoms with Crippen LogP contribution in [0.3, 0.4) is 0 Å². The lowest BCUT2D eigenvalue weighted by atomic mass is 10.0. The summed E-state index contributed by atoms with van der Waals surface area (Å²) in [4.78, 5) is 48.2. The number of β-lactam (4-membered cyclic amide) rings is 1. The zero-order chi connectivity index (χ0) is 26.8. The second-order valence-electron chi connectivity index (χ2n) is 8.13. The first-order valence-electron chi connectivity index (χ1n) is 11.3. The van der Waals surface area contributed by atoms with Crippen LogP contribution >= 0.6 is 23.3 Å². The Morgan fingerprint density at radius 3 is 2.79 bits per heavy atom. The number of aliphatic carboxylic acids is 1. The molecule has 1 fully saturated rings. The molecule has 196 valence electrons. The number of H-pyrrole nitrogens is 1. The van der Waals surface area contributed by atoms with Crippen molar-refractivity contribution in [1.82, 2.24) is 29.8 Å². The summed E-state index contributed by atoms with van der Waals surface area (Å²) in [5.41, 5.74) is 7.38. The molecule has 2 aliphatic heterocycles. The van der Waals surface area contributed by atoms with Crippen molar-refractivity contribution in [3.63, 3.8) is 0 Å². The number of carboxylic acid groups (broad SMARTS) is 1. The average Bonchev–Trinajstić information content (AvgIpc) is 3.60. The van der Waals surface area contributed by atoms with E-state index >= 15 is 0 Å². The minimum atomic E-state index is -1.46. The van der Waals surface area contributed by atoms with Gasteiger partial charge in [-0.1, -0.05) is 5.16 Å². The lowest BCUT2D eigenvalue weighted by Gasteiger charge is -2.50. The first-order valence-corrected chi connectivity index (χ1v) is 13.2. The molecule has 5 heterocycles. The number of aromatic nitrogens is 5. The smallest absolute Gasteiger partial charge is 0.278 e. The van der Waals surface area contributed by atoms with Gasteiger partial charge in [0, 0.05) is 46.8 Å². The van der Waals surface area contributed by atoms with Gasteiger partial charge in [0.05, 0.1) is 17.4 Å². The van der Waals surface area contributed by atoms with Crippen LogP contribution in [0.5, 0.6) is 0 Å². The van der Waals surface area contributed by atoms with Crippen molar-refractivity contribution in [1.29, 1.82) is 0 Å². The van der Waals surface area contributed by atoms with Gasteiger partial charge in [0.15, 0.2) is 24.1 Å². The molecule has 0 saturated carbocycles. The normalized spacial score (nSPS) is 19.1. The summed E-state index contributed by atoms with van der Waals surface area (Å²) in [6.07, 6.45) is 5.33. The van der Waals surface area contributed by atoms with E-state index < -0.39 is 29.2 Å². The molecule has 0 aliphatic carbocycles. The minimum absolute atomic E-state index is 0.0358. The van der Waals surface area contributed by atoms with Crippen LogP contribution < -0.4 is 20.7 Å². The number of pyridine rings is 1. The van der Waals surface area contributed by atoms with E-state index in [4.69, 9.17) is 10.6 Å². The van der Waals surface area contributed by atoms with E-state index in [-0.39, 0.29) is 35.5 Å². The SMILES string of the molecule is CCO/N=C(\C(=O)N[C@@H]1C(=O)N2C(C(=O)[O-])=C(C[n+]3ccc(-c4cc[nH]n4)cc3)CS[C@@H]12)c1nsc(N)n1. The number of nitrogens with two attached hydrogens (primary N) is 1. The topological polar surface area (TPSA) is 195 Å². The molecule has 2 aliphatic rings. The molecule has 5 rings (SSSR count). The number of thioether (sulfide) groups is 1. The summed E-state index contributed by atoms with van der Waals surface area (Å²) in [6, 6.07) is 4.58. The number of nitrogens with zero attached hydrogens (tertiary/aromatic N) is 6. The Morgan fingerprint density at radius 2 is 2.16 bits per heavy atom. The number of nitrogen functional groups attached to an aromatic ring is 1. The number of carbonyl (C=O) groups excluding carboxylic acids is 3. The molecule has 2 amide bonds. The third-order valence-electron chi connectivity index (χ3n) is 5.74. The molecule has 0 unspecified atom stereocenters. The second kappa shape index (κ2) is 10.6. The molecule has 3 aromatic rings. The van der Waals surface area contributed by atoms with Crippen LogP contribution in [0.15, 0.2) is 53.2 Å². The van der Waals surface area contributed by atoms with Gasteiger partial charge in [0.2, 0.25) is 11.5 Å². The second-order valence-corrected chi connectivity index (χ2v) is 10.0. The largest absolute Gasteiger partial charge is 0.543 e. The minimum Gasteiger partial charge on any atom is -0.543 e. The Labute approximate surface area is 223 Å². The van der Waals surface area contributed by atoms with Gasteiger partial charge in [-0.15, -0.1) is 11.8 Å². The maximum absolute atomic E-state index is 13.0. The summed E-state index contributed by atoms with van der Waals surface area (Å²) < 4.78 is 5.79. The highest BCUT2D eigenvalue weighted by Crippen LogP contribution is 2.40. The number of amides is 2. The molecular formula is C22H21N9O5S2. The average molecular weight is 556 g/mol. The summed E-state index contributed by atoms with van der Waals surface area (Å²) in [5.74, 6) is -2.49. The van der Waals surface area contributed by atoms with Crippen LogP contribution in [0.25, 0.3) is 11.3 Å². The first kappa shape index (κ1) is 25.3. The van der Waals surface area contributed by atoms with Gasteiger partial charge in [-0.2, -0.15) is 14.5 Å². The Kier molecular flexibility index (Phi) is 7.06. The van der Waals surface area contributed by atoms with E-state index in [2.05, 4.69) is 30.0 Å². The van der Waals surface area contributed by atoms with Crippen LogP contribution in [0.1, 0.15) is 12.7 Å². The van der Waals surface area contributed by atoms with Gasteiger partial charge in [0.1, 0.15) is 18.0 Å². The summed E-state index contributed by atoms with van der Waals surface area (Å²) >= 11 is 2.22. The molecule has 14 nitrogen and oxygen atoms in total. The van der Waals surface area contributed by atoms with Crippen molar-refractivity contribution < 1.29 is 28.9 Å². The number of fused-ring (bicyclic) bond motifs is 1. The van der Waals surface area contributed by atoms with Crippen LogP contribution in [-0.4, -0.2) is 71.7 Å². The lowest BCUT2D eigenvalue weighted by Crippen LogP contribution is -2.71. The molecule has 1 saturated heterocycles. The zero-order valence-corrected chi connectivity index (χ0v) is 21.5. The highest BCUT2D eigenvalue weighted by atomic mass is 32.2. The van der Waals surface area contributed by atoms with Crippen LogP contribution in [0.2, 0.25) is 0 Å². The van der Waals surface area contributed by atoms with Gasteiger partial charge in [-0.25, -0.2) is 4.57 Å². The van der Waals surface area contributed by atoms with Crippen molar-refractivity contribution in [2.75, 3.05) is 18.1 Å². The molecule has 16 heteroatoms. The quantitative estimate of drug-likeness (QED) is 0.123. The highest BCUT2D eigenvalue weighted by molar-refractivity contribution is 8.00. The number of carboxylic acids is 1. The summed E-state index contributed by atoms with van der Waals surface area (Å²) in [7, 11) is 0. The molecule has 4 N–H and O–H groups in total. The molecule has 0 spiro atoms. The number of anilines is 1. The van der Waals surface area contributed by atoms with Crippen molar-refractivity contribution in [2.45, 2.75) is 24.9 Å². The standard InChI is InChI=1S/C22H21N9O5S2/c1-2-36-28-14(17-26-22(23)38-29-17)18(32)25-15-19(33)31-16(21(34)35)12(10-37-20(15)31)9-30-7-4-11(5-8-30)13-3-6-24-27-13/h3-8,15,20H,2,9-10H2,1H3,(H4,23,25,26,29,32,34,35)/b28-14-/t15-,20+/m1/s1. The fraction of sp³-hybridized carbons (Fsp3) is 0.273. The van der Waals surface area contributed by atoms with Crippen molar-refractivity contribution in [3.8, 4) is 11.3 Å².